The highest BCUT2D eigenvalue weighted by molar-refractivity contribution is 6.27. The van der Waals surface area contributed by atoms with Crippen LogP contribution in [0.4, 0.5) is 13.2 Å². The topological polar surface area (TPSA) is 85.4 Å². The number of ether oxygens (including phenoxy) is 1. The fourth-order valence-corrected chi connectivity index (χ4v) is 3.85. The van der Waals surface area contributed by atoms with Gasteiger partial charge in [0.2, 0.25) is 5.91 Å². The number of carbonyl (C=O) groups is 3. The molecule has 2 bridgehead atoms. The van der Waals surface area contributed by atoms with Crippen LogP contribution >= 0.6 is 0 Å². The molecular formula is C20H20F3N2O4. The molecule has 2 aliphatic carbocycles. The van der Waals surface area contributed by atoms with Crippen LogP contribution in [0.25, 0.3) is 0 Å². The summed E-state index contributed by atoms with van der Waals surface area (Å²) in [5.41, 5.74) is -2.72. The van der Waals surface area contributed by atoms with Crippen LogP contribution in [0, 0.1) is 24.3 Å². The molecule has 6 nitrogen and oxygen atoms in total. The number of allylic oxidation sites excluding steroid dienone is 1. The minimum atomic E-state index is -4.64. The maximum Gasteiger partial charge on any atom is 0.433 e. The van der Waals surface area contributed by atoms with E-state index in [9.17, 15) is 27.6 Å². The van der Waals surface area contributed by atoms with Crippen molar-refractivity contribution >= 4 is 17.5 Å². The molecule has 0 saturated heterocycles. The number of amides is 1. The van der Waals surface area contributed by atoms with Crippen molar-refractivity contribution in [3.05, 3.63) is 40.7 Å². The van der Waals surface area contributed by atoms with Gasteiger partial charge in [-0.25, -0.2) is 4.98 Å². The van der Waals surface area contributed by atoms with E-state index in [0.717, 1.165) is 6.07 Å². The van der Waals surface area contributed by atoms with Gasteiger partial charge in [-0.15, -0.1) is 0 Å². The van der Waals surface area contributed by atoms with Gasteiger partial charge in [0, 0.05) is 30.8 Å². The third-order valence-corrected chi connectivity index (χ3v) is 5.37. The zero-order valence-corrected chi connectivity index (χ0v) is 16.0. The minimum absolute atomic E-state index is 0.106. The van der Waals surface area contributed by atoms with E-state index in [1.54, 1.807) is 0 Å². The summed E-state index contributed by atoms with van der Waals surface area (Å²) in [6.45, 7) is 1.87. The first kappa shape index (κ1) is 21.2. The quantitative estimate of drug-likeness (QED) is 0.443. The number of hydrogen-bond donors (Lipinski definition) is 1. The number of aryl methyl sites for hydroxylation is 1. The summed E-state index contributed by atoms with van der Waals surface area (Å²) in [6, 6.07) is 1.72. The number of methoxy groups -OCH3 is 1. The zero-order valence-electron chi connectivity index (χ0n) is 16.0. The number of halogens is 3. The van der Waals surface area contributed by atoms with Gasteiger partial charge in [0.1, 0.15) is 5.69 Å². The second-order valence-electron chi connectivity index (χ2n) is 7.29. The predicted octanol–water partition coefficient (Wildman–Crippen LogP) is 2.45. The summed E-state index contributed by atoms with van der Waals surface area (Å²) < 4.78 is 43.4. The molecule has 0 aromatic carbocycles. The van der Waals surface area contributed by atoms with E-state index in [4.69, 9.17) is 4.74 Å². The largest absolute Gasteiger partial charge is 0.433 e. The molecule has 0 spiro atoms. The number of rotatable bonds is 6. The van der Waals surface area contributed by atoms with Crippen LogP contribution in [-0.4, -0.2) is 42.7 Å². The van der Waals surface area contributed by atoms with Crippen molar-refractivity contribution in [2.45, 2.75) is 32.4 Å². The molecule has 3 rings (SSSR count). The molecule has 9 heteroatoms. The number of nitrogens with one attached hydrogen (secondary N) is 1. The number of aromatic nitrogens is 1. The highest BCUT2D eigenvalue weighted by Gasteiger charge is 2.52. The number of ketones is 2. The van der Waals surface area contributed by atoms with Crippen LogP contribution in [0.1, 0.15) is 41.0 Å². The molecule has 1 fully saturated rings. The third kappa shape index (κ3) is 3.96. The second kappa shape index (κ2) is 7.70. The molecule has 1 saturated carbocycles. The van der Waals surface area contributed by atoms with E-state index >= 15 is 0 Å². The Hall–Kier alpha value is -2.55. The summed E-state index contributed by atoms with van der Waals surface area (Å²) in [6.07, 6.45) is -0.721. The minimum Gasteiger partial charge on any atom is -0.383 e. The molecule has 1 aromatic heterocycles. The van der Waals surface area contributed by atoms with Crippen LogP contribution in [-0.2, 0) is 20.5 Å². The zero-order chi connectivity index (χ0) is 21.4. The van der Waals surface area contributed by atoms with Gasteiger partial charge in [0.05, 0.1) is 17.6 Å². The fourth-order valence-electron chi connectivity index (χ4n) is 3.85. The Morgan fingerprint density at radius 1 is 1.38 bits per heavy atom. The van der Waals surface area contributed by atoms with E-state index in [1.165, 1.54) is 14.0 Å². The molecule has 2 unspecified atom stereocenters. The SMILES string of the molecule is COCCNC(=O)C12[C]=C(C(=O)c3ccc(C(F)(F)F)nc3C)C(=O)C(CC1)C2. The first-order valence-corrected chi connectivity index (χ1v) is 9.15. The molecule has 1 aromatic rings. The van der Waals surface area contributed by atoms with Crippen LogP contribution in [0.5, 0.6) is 0 Å². The average Bonchev–Trinajstić information content (AvgIpc) is 3.04. The molecule has 1 N–H and O–H groups in total. The van der Waals surface area contributed by atoms with Crippen molar-refractivity contribution in [1.82, 2.24) is 10.3 Å². The summed E-state index contributed by atoms with van der Waals surface area (Å²) in [5, 5.41) is 2.72. The smallest absolute Gasteiger partial charge is 0.383 e. The number of nitrogens with zero attached hydrogens (tertiary/aromatic N) is 1. The Kier molecular flexibility index (Phi) is 5.62. The fraction of sp³-hybridized carbons (Fsp3) is 0.500. The van der Waals surface area contributed by atoms with E-state index in [1.807, 2.05) is 0 Å². The second-order valence-corrected chi connectivity index (χ2v) is 7.29. The lowest BCUT2D eigenvalue weighted by Crippen LogP contribution is -2.43. The number of pyridine rings is 1. The monoisotopic (exact) mass is 409 g/mol. The van der Waals surface area contributed by atoms with Crippen molar-refractivity contribution in [1.29, 1.82) is 0 Å². The van der Waals surface area contributed by atoms with Crippen molar-refractivity contribution in [3.63, 3.8) is 0 Å². The first-order chi connectivity index (χ1) is 13.6. The molecule has 0 aliphatic heterocycles. The maximum atomic E-state index is 12.9. The van der Waals surface area contributed by atoms with E-state index in [2.05, 4.69) is 16.4 Å². The Morgan fingerprint density at radius 2 is 2.10 bits per heavy atom. The van der Waals surface area contributed by atoms with Gasteiger partial charge in [0.25, 0.3) is 0 Å². The molecule has 2 aliphatic rings. The normalized spacial score (nSPS) is 23.7. The number of hydrogen-bond acceptors (Lipinski definition) is 5. The molecule has 29 heavy (non-hydrogen) atoms. The molecule has 155 valence electrons. The molecule has 1 amide bonds. The molecule has 2 atom stereocenters. The summed E-state index contributed by atoms with van der Waals surface area (Å²) in [4.78, 5) is 41.8. The average molecular weight is 409 g/mol. The van der Waals surface area contributed by atoms with Gasteiger partial charge in [-0.1, -0.05) is 0 Å². The number of Topliss-reactive ketones (excluding diaryl/α,β-unsaturated/α-hetero) is 2. The van der Waals surface area contributed by atoms with Crippen LogP contribution in [0.2, 0.25) is 0 Å². The Balaban J connectivity index is 1.93. The van der Waals surface area contributed by atoms with Crippen molar-refractivity contribution < 1.29 is 32.3 Å². The number of carbonyl (C=O) groups excluding carboxylic acids is 3. The Bertz CT molecular complexity index is 894. The van der Waals surface area contributed by atoms with Gasteiger partial charge in [-0.05, 0) is 44.4 Å². The highest BCUT2D eigenvalue weighted by atomic mass is 19.4. The summed E-state index contributed by atoms with van der Waals surface area (Å²) in [5.74, 6) is -2.00. The van der Waals surface area contributed by atoms with Gasteiger partial charge in [-0.2, -0.15) is 13.2 Å². The summed E-state index contributed by atoms with van der Waals surface area (Å²) in [7, 11) is 1.50. The van der Waals surface area contributed by atoms with Gasteiger partial charge in [-0.3, -0.25) is 14.4 Å². The first-order valence-electron chi connectivity index (χ1n) is 9.15. The number of alkyl halides is 3. The predicted molar refractivity (Wildman–Crippen MR) is 94.7 cm³/mol. The number of fused-ring (bicyclic) bond motifs is 2. The summed E-state index contributed by atoms with van der Waals surface area (Å²) >= 11 is 0. The van der Waals surface area contributed by atoms with Crippen molar-refractivity contribution in [2.75, 3.05) is 20.3 Å². The molecule has 1 radical (unpaired) electrons. The van der Waals surface area contributed by atoms with E-state index < -0.39 is 34.8 Å². The highest BCUT2D eigenvalue weighted by Crippen LogP contribution is 2.48. The Labute approximate surface area is 165 Å². The van der Waals surface area contributed by atoms with Crippen molar-refractivity contribution in [3.8, 4) is 0 Å². The molecular weight excluding hydrogens is 389 g/mol. The Morgan fingerprint density at radius 3 is 2.72 bits per heavy atom. The van der Waals surface area contributed by atoms with Crippen molar-refractivity contribution in [2.24, 2.45) is 11.3 Å². The lowest BCUT2D eigenvalue weighted by Gasteiger charge is -2.28. The van der Waals surface area contributed by atoms with Crippen LogP contribution < -0.4 is 5.32 Å². The lowest BCUT2D eigenvalue weighted by molar-refractivity contribution is -0.141. The molecule has 1 heterocycles. The van der Waals surface area contributed by atoms with E-state index in [-0.39, 0.29) is 35.7 Å². The lowest BCUT2D eigenvalue weighted by atomic mass is 9.75. The van der Waals surface area contributed by atoms with Gasteiger partial charge < -0.3 is 10.1 Å². The maximum absolute atomic E-state index is 12.9. The third-order valence-electron chi connectivity index (χ3n) is 5.37. The standard InChI is InChI=1S/C20H20F3N2O4/c1-11-13(3-4-15(25-11)20(21,22)23)17(27)14-10-19(18(28)24-7-8-29-2)6-5-12(9-19)16(14)26/h3-4,12H,5-9H2,1-2H3,(H,24,28). The van der Waals surface area contributed by atoms with Crippen LogP contribution in [0.15, 0.2) is 17.7 Å². The van der Waals surface area contributed by atoms with Gasteiger partial charge in [0.15, 0.2) is 11.6 Å². The van der Waals surface area contributed by atoms with E-state index in [0.29, 0.717) is 25.5 Å². The van der Waals surface area contributed by atoms with Crippen LogP contribution in [0.3, 0.4) is 0 Å². The van der Waals surface area contributed by atoms with Gasteiger partial charge >= 0.3 is 6.18 Å².